The fraction of sp³-hybridized carbons (Fsp3) is 0.182. The summed E-state index contributed by atoms with van der Waals surface area (Å²) in [7, 11) is 1.55. The lowest BCUT2D eigenvalue weighted by Gasteiger charge is -2.14. The highest BCUT2D eigenvalue weighted by Crippen LogP contribution is 2.37. The molecule has 180 valence electrons. The van der Waals surface area contributed by atoms with Gasteiger partial charge in [-0.25, -0.2) is 10.1 Å². The molecule has 0 bridgehead atoms. The molecule has 0 saturated carbocycles. The highest BCUT2D eigenvalue weighted by atomic mass is 79.9. The number of rotatable bonds is 8. The molecular formula is C22H21BrN8O4. The first-order chi connectivity index (χ1) is 16.9. The molecule has 2 heterocycles. The van der Waals surface area contributed by atoms with Crippen LogP contribution >= 0.6 is 15.9 Å². The number of halogens is 1. The van der Waals surface area contributed by atoms with Crippen LogP contribution in [-0.2, 0) is 6.61 Å². The third kappa shape index (κ3) is 5.14. The molecule has 4 rings (SSSR count). The molecule has 0 atom stereocenters. The van der Waals surface area contributed by atoms with Gasteiger partial charge in [-0.05, 0) is 68.9 Å². The van der Waals surface area contributed by atoms with Gasteiger partial charge in [0.25, 0.3) is 5.91 Å². The Hall–Kier alpha value is -4.26. The molecule has 0 fully saturated rings. The number of hydrogen-bond donors (Lipinski definition) is 2. The highest BCUT2D eigenvalue weighted by Gasteiger charge is 2.20. The smallest absolute Gasteiger partial charge is 0.293 e. The monoisotopic (exact) mass is 540 g/mol. The summed E-state index contributed by atoms with van der Waals surface area (Å²) in [5, 5.41) is 18.9. The minimum Gasteiger partial charge on any atom is -0.493 e. The lowest BCUT2D eigenvalue weighted by molar-refractivity contribution is 0.0949. The predicted octanol–water partition coefficient (Wildman–Crippen LogP) is 2.96. The van der Waals surface area contributed by atoms with Crippen molar-refractivity contribution in [1.82, 2.24) is 30.7 Å². The summed E-state index contributed by atoms with van der Waals surface area (Å²) in [6.45, 7) is 4.05. The number of carbonyl (C=O) groups excluding carboxylic acids is 1. The van der Waals surface area contributed by atoms with Gasteiger partial charge in [0.15, 0.2) is 17.2 Å². The third-order valence-corrected chi connectivity index (χ3v) is 5.66. The molecule has 13 heteroatoms. The quantitative estimate of drug-likeness (QED) is 0.253. The number of carbonyl (C=O) groups is 1. The number of nitrogens with one attached hydrogen (secondary N) is 1. The SMILES string of the molecule is COc1cc(/C=N\NC(=O)c2nnn(-c3nonc3N)c2C)cc(Br)c1OCc1ccccc1C. The van der Waals surface area contributed by atoms with E-state index in [1.165, 1.54) is 10.9 Å². The molecule has 4 aromatic rings. The van der Waals surface area contributed by atoms with E-state index >= 15 is 0 Å². The minimum atomic E-state index is -0.566. The first kappa shape index (κ1) is 23.9. The van der Waals surface area contributed by atoms with Gasteiger partial charge in [-0.15, -0.1) is 5.10 Å². The number of benzene rings is 2. The molecule has 0 aliphatic rings. The van der Waals surface area contributed by atoms with E-state index < -0.39 is 5.91 Å². The number of aromatic nitrogens is 5. The molecule has 2 aromatic carbocycles. The van der Waals surface area contributed by atoms with Crippen molar-refractivity contribution in [2.24, 2.45) is 5.10 Å². The summed E-state index contributed by atoms with van der Waals surface area (Å²) in [6, 6.07) is 11.5. The molecule has 1 amide bonds. The summed E-state index contributed by atoms with van der Waals surface area (Å²) < 4.78 is 18.0. The number of nitrogen functional groups attached to an aromatic ring is 1. The maximum absolute atomic E-state index is 12.5. The van der Waals surface area contributed by atoms with Crippen molar-refractivity contribution >= 4 is 33.9 Å². The lowest BCUT2D eigenvalue weighted by atomic mass is 10.1. The van der Waals surface area contributed by atoms with Crippen LogP contribution in [0.2, 0.25) is 0 Å². The van der Waals surface area contributed by atoms with Crippen LogP contribution in [0.3, 0.4) is 0 Å². The van der Waals surface area contributed by atoms with E-state index in [0.29, 0.717) is 33.8 Å². The number of nitrogens with two attached hydrogens (primary N) is 1. The maximum atomic E-state index is 12.5. The van der Waals surface area contributed by atoms with Gasteiger partial charge in [-0.3, -0.25) is 4.79 Å². The Morgan fingerprint density at radius 3 is 2.80 bits per heavy atom. The van der Waals surface area contributed by atoms with Gasteiger partial charge >= 0.3 is 0 Å². The zero-order chi connectivity index (χ0) is 24.9. The first-order valence-corrected chi connectivity index (χ1v) is 11.1. The first-order valence-electron chi connectivity index (χ1n) is 10.3. The van der Waals surface area contributed by atoms with Crippen molar-refractivity contribution in [2.45, 2.75) is 20.5 Å². The van der Waals surface area contributed by atoms with E-state index in [1.807, 2.05) is 31.2 Å². The van der Waals surface area contributed by atoms with Crippen LogP contribution in [0.4, 0.5) is 5.82 Å². The van der Waals surface area contributed by atoms with E-state index in [2.05, 4.69) is 51.7 Å². The van der Waals surface area contributed by atoms with Crippen LogP contribution in [0.25, 0.3) is 5.82 Å². The lowest BCUT2D eigenvalue weighted by Crippen LogP contribution is -2.19. The molecule has 0 unspecified atom stereocenters. The Morgan fingerprint density at radius 1 is 1.29 bits per heavy atom. The van der Waals surface area contributed by atoms with Crippen LogP contribution in [0.15, 0.2) is 50.6 Å². The molecule has 0 radical (unpaired) electrons. The second-order valence-corrected chi connectivity index (χ2v) is 8.21. The molecule has 12 nitrogen and oxygen atoms in total. The van der Waals surface area contributed by atoms with E-state index in [0.717, 1.165) is 11.1 Å². The van der Waals surface area contributed by atoms with Crippen molar-refractivity contribution in [1.29, 1.82) is 0 Å². The second kappa shape index (κ2) is 10.3. The summed E-state index contributed by atoms with van der Waals surface area (Å²) in [4.78, 5) is 12.5. The number of hydrogen-bond acceptors (Lipinski definition) is 10. The van der Waals surface area contributed by atoms with Gasteiger partial charge in [0.2, 0.25) is 11.6 Å². The van der Waals surface area contributed by atoms with E-state index in [4.69, 9.17) is 15.2 Å². The second-order valence-electron chi connectivity index (χ2n) is 7.36. The van der Waals surface area contributed by atoms with Gasteiger partial charge in [0, 0.05) is 0 Å². The molecule has 3 N–H and O–H groups in total. The molecule has 35 heavy (non-hydrogen) atoms. The Labute approximate surface area is 208 Å². The average molecular weight is 541 g/mol. The minimum absolute atomic E-state index is 0.0221. The van der Waals surface area contributed by atoms with Crippen molar-refractivity contribution in [3.05, 3.63) is 68.9 Å². The zero-order valence-corrected chi connectivity index (χ0v) is 20.6. The van der Waals surface area contributed by atoms with Crippen molar-refractivity contribution in [3.8, 4) is 17.3 Å². The summed E-state index contributed by atoms with van der Waals surface area (Å²) in [6.07, 6.45) is 1.47. The van der Waals surface area contributed by atoms with E-state index in [1.54, 1.807) is 26.2 Å². The predicted molar refractivity (Wildman–Crippen MR) is 130 cm³/mol. The fourth-order valence-electron chi connectivity index (χ4n) is 3.17. The number of hydrazone groups is 1. The summed E-state index contributed by atoms with van der Waals surface area (Å²) in [5.74, 6) is 0.668. The van der Waals surface area contributed by atoms with Crippen molar-refractivity contribution < 1.29 is 18.9 Å². The summed E-state index contributed by atoms with van der Waals surface area (Å²) >= 11 is 3.52. The number of aryl methyl sites for hydroxylation is 1. The van der Waals surface area contributed by atoms with Crippen molar-refractivity contribution in [3.63, 3.8) is 0 Å². The Morgan fingerprint density at radius 2 is 2.09 bits per heavy atom. The summed E-state index contributed by atoms with van der Waals surface area (Å²) in [5.41, 5.74) is 11.4. The van der Waals surface area contributed by atoms with Gasteiger partial charge < -0.3 is 15.2 Å². The van der Waals surface area contributed by atoms with Crippen LogP contribution in [0, 0.1) is 13.8 Å². The van der Waals surface area contributed by atoms with Gasteiger partial charge in [-0.1, -0.05) is 29.5 Å². The van der Waals surface area contributed by atoms with Crippen LogP contribution in [-0.4, -0.2) is 44.5 Å². The van der Waals surface area contributed by atoms with Gasteiger partial charge in [0.1, 0.15) is 6.61 Å². The third-order valence-electron chi connectivity index (χ3n) is 5.07. The van der Waals surface area contributed by atoms with Gasteiger partial charge in [-0.2, -0.15) is 9.78 Å². The zero-order valence-electron chi connectivity index (χ0n) is 19.0. The molecule has 0 aliphatic carbocycles. The molecule has 2 aromatic heterocycles. The number of amides is 1. The van der Waals surface area contributed by atoms with Crippen LogP contribution in [0.1, 0.15) is 32.9 Å². The fourth-order valence-corrected chi connectivity index (χ4v) is 3.75. The van der Waals surface area contributed by atoms with Crippen LogP contribution in [0.5, 0.6) is 11.5 Å². The number of methoxy groups -OCH3 is 1. The maximum Gasteiger partial charge on any atom is 0.293 e. The molecule has 0 spiro atoms. The Bertz CT molecular complexity index is 1400. The van der Waals surface area contributed by atoms with Crippen LogP contribution < -0.4 is 20.6 Å². The van der Waals surface area contributed by atoms with E-state index in [-0.39, 0.29) is 17.3 Å². The largest absolute Gasteiger partial charge is 0.493 e. The topological polar surface area (TPSA) is 156 Å². The number of nitrogens with zero attached hydrogens (tertiary/aromatic N) is 6. The average Bonchev–Trinajstić information content (AvgIpc) is 3.43. The Balaban J connectivity index is 1.45. The highest BCUT2D eigenvalue weighted by molar-refractivity contribution is 9.10. The number of ether oxygens (including phenoxy) is 2. The molecule has 0 saturated heterocycles. The normalized spacial score (nSPS) is 11.1. The standard InChI is InChI=1S/C22H21BrN8O4/c1-12-6-4-5-7-15(12)11-34-19-16(23)8-14(9-17(19)33-3)10-25-27-22(32)18-13(2)31(30-26-18)21-20(24)28-35-29-21/h4-10H,11H2,1-3H3,(H2,24,28)(H,27,32)/b25-10-. The molecule has 0 aliphatic heterocycles. The number of anilines is 1. The Kier molecular flexibility index (Phi) is 7.06. The van der Waals surface area contributed by atoms with Gasteiger partial charge in [0.05, 0.1) is 23.5 Å². The molecular weight excluding hydrogens is 520 g/mol. The van der Waals surface area contributed by atoms with E-state index in [9.17, 15) is 4.79 Å². The van der Waals surface area contributed by atoms with Crippen molar-refractivity contribution in [2.75, 3.05) is 12.8 Å².